The second kappa shape index (κ2) is 4.63. The Hall–Kier alpha value is -1.78. The van der Waals surface area contributed by atoms with Gasteiger partial charge in [0.05, 0.1) is 0 Å². The molecule has 0 saturated carbocycles. The van der Waals surface area contributed by atoms with Crippen LogP contribution in [0.25, 0.3) is 0 Å². The van der Waals surface area contributed by atoms with E-state index in [-0.39, 0.29) is 11.5 Å². The summed E-state index contributed by atoms with van der Waals surface area (Å²) in [7, 11) is 0. The molecule has 0 aromatic carbocycles. The number of hydrogen-bond acceptors (Lipinski definition) is 2. The van der Waals surface area contributed by atoms with E-state index in [0.29, 0.717) is 0 Å². The van der Waals surface area contributed by atoms with Gasteiger partial charge in [-0.25, -0.2) is 4.79 Å². The van der Waals surface area contributed by atoms with Crippen molar-refractivity contribution >= 4 is 6.03 Å². The van der Waals surface area contributed by atoms with Crippen molar-refractivity contribution in [3.63, 3.8) is 0 Å². The molecule has 0 unspecified atom stereocenters. The maximum atomic E-state index is 11.3. The van der Waals surface area contributed by atoms with Gasteiger partial charge in [0.25, 0.3) is 0 Å². The van der Waals surface area contributed by atoms with E-state index in [1.54, 1.807) is 12.1 Å². The van der Waals surface area contributed by atoms with Crippen LogP contribution in [0.1, 0.15) is 19.4 Å². The number of urea groups is 1. The lowest BCUT2D eigenvalue weighted by molar-refractivity contribution is 0.170. The van der Waals surface area contributed by atoms with Gasteiger partial charge in [0, 0.05) is 12.2 Å². The molecule has 0 aliphatic heterocycles. The fourth-order valence-corrected chi connectivity index (χ4v) is 1.06. The van der Waals surface area contributed by atoms with Crippen LogP contribution in [0.2, 0.25) is 0 Å². The van der Waals surface area contributed by atoms with E-state index in [1.807, 2.05) is 20.8 Å². The molecule has 0 fully saturated rings. The summed E-state index contributed by atoms with van der Waals surface area (Å²) in [6.07, 6.45) is 1.49. The van der Waals surface area contributed by atoms with Crippen molar-refractivity contribution in [2.75, 3.05) is 0 Å². The van der Waals surface area contributed by atoms with E-state index >= 15 is 0 Å². The number of rotatable bonds is 1. The molecule has 0 spiro atoms. The molecule has 0 bridgehead atoms. The molecule has 0 radical (unpaired) electrons. The average molecular weight is 209 g/mol. The molecule has 0 saturated heterocycles. The zero-order chi connectivity index (χ0) is 11.4. The van der Waals surface area contributed by atoms with Gasteiger partial charge >= 0.3 is 6.03 Å². The van der Waals surface area contributed by atoms with Crippen molar-refractivity contribution in [2.24, 2.45) is 4.99 Å². The predicted octanol–water partition coefficient (Wildman–Crippen LogP) is 1.05. The van der Waals surface area contributed by atoms with E-state index in [1.165, 1.54) is 6.20 Å². The van der Waals surface area contributed by atoms with Crippen LogP contribution in [0.15, 0.2) is 23.3 Å². The summed E-state index contributed by atoms with van der Waals surface area (Å²) in [4.78, 5) is 15.0. The highest BCUT2D eigenvalue weighted by Crippen LogP contribution is 1.89. The Bertz CT molecular complexity index is 421. The molecule has 1 rings (SSSR count). The first kappa shape index (κ1) is 11.3. The first-order chi connectivity index (χ1) is 6.99. The topological polar surface area (TPSA) is 66.6 Å². The maximum absolute atomic E-state index is 11.3. The number of aryl methyl sites for hydroxylation is 1. The molecule has 0 aliphatic rings. The van der Waals surface area contributed by atoms with Crippen molar-refractivity contribution in [3.8, 4) is 0 Å². The predicted molar refractivity (Wildman–Crippen MR) is 55.6 cm³/mol. The van der Waals surface area contributed by atoms with E-state index < -0.39 is 6.03 Å². The number of aromatic nitrogens is 1. The monoisotopic (exact) mass is 209 g/mol. The van der Waals surface area contributed by atoms with Crippen LogP contribution in [0, 0.1) is 6.92 Å². The van der Waals surface area contributed by atoms with Crippen molar-refractivity contribution in [2.45, 2.75) is 26.8 Å². The van der Waals surface area contributed by atoms with Gasteiger partial charge in [-0.15, -0.1) is 0 Å². The van der Waals surface area contributed by atoms with Crippen molar-refractivity contribution < 1.29 is 10.0 Å². The van der Waals surface area contributed by atoms with Crippen molar-refractivity contribution in [1.29, 1.82) is 0 Å². The lowest BCUT2D eigenvalue weighted by atomic mass is 10.3. The Balaban J connectivity index is 2.95. The standard InChI is InChI=1S/C10H15N3O2/c1-7(2)11-10(14)12-9-5-4-8(3)6-13(9)15/h4-7,15H,1-3H3,(H,11,14)/b12-9-. The Morgan fingerprint density at radius 1 is 1.53 bits per heavy atom. The summed E-state index contributed by atoms with van der Waals surface area (Å²) in [6.45, 7) is 5.52. The van der Waals surface area contributed by atoms with E-state index in [0.717, 1.165) is 10.3 Å². The fourth-order valence-electron chi connectivity index (χ4n) is 1.06. The van der Waals surface area contributed by atoms with Crippen LogP contribution in [-0.4, -0.2) is 22.0 Å². The molecule has 2 N–H and O–H groups in total. The molecule has 2 amide bonds. The van der Waals surface area contributed by atoms with Gasteiger partial charge < -0.3 is 10.5 Å². The molecule has 82 valence electrons. The molecule has 1 heterocycles. The molecule has 5 heteroatoms. The second-order valence-corrected chi connectivity index (χ2v) is 3.63. The second-order valence-electron chi connectivity index (χ2n) is 3.63. The summed E-state index contributed by atoms with van der Waals surface area (Å²) in [5, 5.41) is 12.0. The summed E-state index contributed by atoms with van der Waals surface area (Å²) in [5.74, 6) is 0. The van der Waals surface area contributed by atoms with Gasteiger partial charge in [-0.1, -0.05) is 6.07 Å². The van der Waals surface area contributed by atoms with Crippen LogP contribution >= 0.6 is 0 Å². The number of carbonyl (C=O) groups excluding carboxylic acids is 1. The van der Waals surface area contributed by atoms with Gasteiger partial charge in [-0.2, -0.15) is 9.72 Å². The lowest BCUT2D eigenvalue weighted by Gasteiger charge is -2.04. The van der Waals surface area contributed by atoms with Crippen molar-refractivity contribution in [3.05, 3.63) is 29.4 Å². The van der Waals surface area contributed by atoms with Crippen molar-refractivity contribution in [1.82, 2.24) is 10.0 Å². The number of hydrogen-bond donors (Lipinski definition) is 2. The molecule has 0 atom stereocenters. The Kier molecular flexibility index (Phi) is 3.49. The molecule has 15 heavy (non-hydrogen) atoms. The van der Waals surface area contributed by atoms with E-state index in [2.05, 4.69) is 10.3 Å². The average Bonchev–Trinajstić information content (AvgIpc) is 2.08. The minimum atomic E-state index is -0.461. The van der Waals surface area contributed by atoms with Gasteiger partial charge in [0.1, 0.15) is 0 Å². The summed E-state index contributed by atoms with van der Waals surface area (Å²) in [6, 6.07) is 2.92. The highest BCUT2D eigenvalue weighted by Gasteiger charge is 2.00. The largest absolute Gasteiger partial charge is 0.427 e. The van der Waals surface area contributed by atoms with Crippen LogP contribution in [0.3, 0.4) is 0 Å². The van der Waals surface area contributed by atoms with Gasteiger partial charge in [0.15, 0.2) is 5.49 Å². The third-order valence-corrected chi connectivity index (χ3v) is 1.68. The molecular formula is C10H15N3O2. The summed E-state index contributed by atoms with van der Waals surface area (Å²) < 4.78 is 0.829. The first-order valence-electron chi connectivity index (χ1n) is 4.73. The number of nitrogens with one attached hydrogen (secondary N) is 1. The number of amides is 2. The van der Waals surface area contributed by atoms with Crippen LogP contribution in [-0.2, 0) is 0 Å². The molecule has 1 aromatic heterocycles. The summed E-state index contributed by atoms with van der Waals surface area (Å²) >= 11 is 0. The maximum Gasteiger partial charge on any atom is 0.343 e. The Labute approximate surface area is 88.0 Å². The molecule has 0 aliphatic carbocycles. The molecular weight excluding hydrogens is 194 g/mol. The van der Waals surface area contributed by atoms with Gasteiger partial charge in [0.2, 0.25) is 0 Å². The highest BCUT2D eigenvalue weighted by molar-refractivity contribution is 5.74. The minimum Gasteiger partial charge on any atom is -0.427 e. The third kappa shape index (κ3) is 3.46. The normalized spacial score (nSPS) is 11.9. The lowest BCUT2D eigenvalue weighted by Crippen LogP contribution is -2.30. The summed E-state index contributed by atoms with van der Waals surface area (Å²) in [5.41, 5.74) is 1.10. The smallest absolute Gasteiger partial charge is 0.343 e. The number of pyridine rings is 1. The fraction of sp³-hybridized carbons (Fsp3) is 0.400. The van der Waals surface area contributed by atoms with Gasteiger partial charge in [-0.05, 0) is 32.4 Å². The zero-order valence-electron chi connectivity index (χ0n) is 9.06. The minimum absolute atomic E-state index is 0.0267. The quantitative estimate of drug-likeness (QED) is 0.679. The number of nitrogens with zero attached hydrogens (tertiary/aromatic N) is 2. The Morgan fingerprint density at radius 2 is 2.20 bits per heavy atom. The molecule has 5 nitrogen and oxygen atoms in total. The SMILES string of the molecule is Cc1cc/c(=N/C(=O)NC(C)C)n(O)c1. The van der Waals surface area contributed by atoms with E-state index in [9.17, 15) is 10.0 Å². The zero-order valence-corrected chi connectivity index (χ0v) is 9.06. The Morgan fingerprint density at radius 3 is 2.73 bits per heavy atom. The first-order valence-corrected chi connectivity index (χ1v) is 4.73. The van der Waals surface area contributed by atoms with Crippen LogP contribution in [0.5, 0.6) is 0 Å². The van der Waals surface area contributed by atoms with Gasteiger partial charge in [-0.3, -0.25) is 0 Å². The number of carbonyl (C=O) groups is 1. The molecule has 1 aromatic rings. The highest BCUT2D eigenvalue weighted by atomic mass is 16.5. The van der Waals surface area contributed by atoms with Crippen LogP contribution in [0.4, 0.5) is 4.79 Å². The van der Waals surface area contributed by atoms with E-state index in [4.69, 9.17) is 0 Å². The third-order valence-electron chi connectivity index (χ3n) is 1.68. The van der Waals surface area contributed by atoms with Crippen LogP contribution < -0.4 is 10.8 Å².